The molecule has 20 heavy (non-hydrogen) atoms. The summed E-state index contributed by atoms with van der Waals surface area (Å²) in [5.41, 5.74) is 0.833. The molecule has 1 amide bonds. The maximum atomic E-state index is 11.8. The SMILES string of the molecule is CCOc1ccc(NC(C)C(=O)N(C)C)cc1OCC. The number of anilines is 1. The Morgan fingerprint density at radius 1 is 1.20 bits per heavy atom. The van der Waals surface area contributed by atoms with E-state index in [-0.39, 0.29) is 11.9 Å². The monoisotopic (exact) mass is 280 g/mol. The van der Waals surface area contributed by atoms with Gasteiger partial charge in [0.2, 0.25) is 5.91 Å². The van der Waals surface area contributed by atoms with Crippen LogP contribution in [0.5, 0.6) is 11.5 Å². The average Bonchev–Trinajstić information content (AvgIpc) is 2.41. The maximum absolute atomic E-state index is 11.8. The quantitative estimate of drug-likeness (QED) is 0.833. The number of likely N-dealkylation sites (N-methyl/N-ethyl adjacent to an activating group) is 1. The van der Waals surface area contributed by atoms with E-state index in [2.05, 4.69) is 5.32 Å². The summed E-state index contributed by atoms with van der Waals surface area (Å²) < 4.78 is 11.1. The Morgan fingerprint density at radius 3 is 2.35 bits per heavy atom. The Morgan fingerprint density at radius 2 is 1.80 bits per heavy atom. The highest BCUT2D eigenvalue weighted by Gasteiger charge is 2.15. The highest BCUT2D eigenvalue weighted by atomic mass is 16.5. The van der Waals surface area contributed by atoms with Gasteiger partial charge in [0.1, 0.15) is 6.04 Å². The highest BCUT2D eigenvalue weighted by Crippen LogP contribution is 2.30. The Balaban J connectivity index is 2.86. The van der Waals surface area contributed by atoms with Crippen molar-refractivity contribution in [2.45, 2.75) is 26.8 Å². The molecule has 0 aliphatic heterocycles. The van der Waals surface area contributed by atoms with Crippen molar-refractivity contribution < 1.29 is 14.3 Å². The second-order valence-electron chi connectivity index (χ2n) is 4.63. The second kappa shape index (κ2) is 7.62. The third kappa shape index (κ3) is 4.33. The van der Waals surface area contributed by atoms with Crippen LogP contribution in [-0.4, -0.2) is 44.2 Å². The number of carbonyl (C=O) groups is 1. The fraction of sp³-hybridized carbons (Fsp3) is 0.533. The number of ether oxygens (including phenoxy) is 2. The number of carbonyl (C=O) groups excluding carboxylic acids is 1. The first-order valence-corrected chi connectivity index (χ1v) is 6.86. The number of nitrogens with one attached hydrogen (secondary N) is 1. The molecule has 1 rings (SSSR count). The summed E-state index contributed by atoms with van der Waals surface area (Å²) in [6.07, 6.45) is 0. The van der Waals surface area contributed by atoms with Crippen LogP contribution in [-0.2, 0) is 4.79 Å². The summed E-state index contributed by atoms with van der Waals surface area (Å²) >= 11 is 0. The first kappa shape index (κ1) is 16.1. The molecule has 0 aliphatic rings. The largest absolute Gasteiger partial charge is 0.490 e. The van der Waals surface area contributed by atoms with E-state index < -0.39 is 0 Å². The number of nitrogens with zero attached hydrogens (tertiary/aromatic N) is 1. The van der Waals surface area contributed by atoms with E-state index in [9.17, 15) is 4.79 Å². The predicted molar refractivity (Wildman–Crippen MR) is 80.6 cm³/mol. The molecule has 0 saturated heterocycles. The van der Waals surface area contributed by atoms with Crippen LogP contribution < -0.4 is 14.8 Å². The average molecular weight is 280 g/mol. The molecule has 0 fully saturated rings. The van der Waals surface area contributed by atoms with Gasteiger partial charge in [-0.1, -0.05) is 0 Å². The van der Waals surface area contributed by atoms with Crippen molar-refractivity contribution in [3.63, 3.8) is 0 Å². The van der Waals surface area contributed by atoms with Crippen LogP contribution in [0.25, 0.3) is 0 Å². The van der Waals surface area contributed by atoms with E-state index >= 15 is 0 Å². The van der Waals surface area contributed by atoms with Crippen molar-refractivity contribution in [3.05, 3.63) is 18.2 Å². The van der Waals surface area contributed by atoms with Crippen molar-refractivity contribution in [2.24, 2.45) is 0 Å². The maximum Gasteiger partial charge on any atom is 0.244 e. The lowest BCUT2D eigenvalue weighted by atomic mass is 10.2. The minimum absolute atomic E-state index is 0.0249. The van der Waals surface area contributed by atoms with Gasteiger partial charge in [0.25, 0.3) is 0 Å². The molecule has 0 spiro atoms. The fourth-order valence-electron chi connectivity index (χ4n) is 1.84. The summed E-state index contributed by atoms with van der Waals surface area (Å²) in [7, 11) is 3.48. The van der Waals surface area contributed by atoms with Gasteiger partial charge in [0.05, 0.1) is 13.2 Å². The minimum Gasteiger partial charge on any atom is -0.490 e. The first-order chi connectivity index (χ1) is 9.49. The van der Waals surface area contributed by atoms with E-state index in [1.807, 2.05) is 39.0 Å². The van der Waals surface area contributed by atoms with Crippen molar-refractivity contribution in [1.82, 2.24) is 4.90 Å². The lowest BCUT2D eigenvalue weighted by Gasteiger charge is -2.20. The third-order valence-corrected chi connectivity index (χ3v) is 2.74. The minimum atomic E-state index is -0.294. The summed E-state index contributed by atoms with van der Waals surface area (Å²) in [5, 5.41) is 3.16. The molecule has 1 N–H and O–H groups in total. The molecule has 0 bridgehead atoms. The van der Waals surface area contributed by atoms with Crippen molar-refractivity contribution in [3.8, 4) is 11.5 Å². The third-order valence-electron chi connectivity index (χ3n) is 2.74. The van der Waals surface area contributed by atoms with Gasteiger partial charge in [-0.3, -0.25) is 4.79 Å². The van der Waals surface area contributed by atoms with Gasteiger partial charge in [-0.25, -0.2) is 0 Å². The van der Waals surface area contributed by atoms with Crippen molar-refractivity contribution in [2.75, 3.05) is 32.6 Å². The van der Waals surface area contributed by atoms with Gasteiger partial charge >= 0.3 is 0 Å². The lowest BCUT2D eigenvalue weighted by molar-refractivity contribution is -0.129. The smallest absolute Gasteiger partial charge is 0.244 e. The molecule has 0 aromatic heterocycles. The van der Waals surface area contributed by atoms with Crippen LogP contribution in [0.1, 0.15) is 20.8 Å². The van der Waals surface area contributed by atoms with E-state index in [4.69, 9.17) is 9.47 Å². The Kier molecular flexibility index (Phi) is 6.15. The van der Waals surface area contributed by atoms with E-state index in [0.29, 0.717) is 24.7 Å². The van der Waals surface area contributed by atoms with Crippen LogP contribution >= 0.6 is 0 Å². The van der Waals surface area contributed by atoms with Gasteiger partial charge in [0.15, 0.2) is 11.5 Å². The zero-order valence-electron chi connectivity index (χ0n) is 12.9. The number of amides is 1. The second-order valence-corrected chi connectivity index (χ2v) is 4.63. The molecule has 0 radical (unpaired) electrons. The van der Waals surface area contributed by atoms with Gasteiger partial charge in [-0.05, 0) is 32.9 Å². The molecule has 0 saturated carbocycles. The van der Waals surface area contributed by atoms with E-state index in [1.54, 1.807) is 19.0 Å². The standard InChI is InChI=1S/C15H24N2O3/c1-6-19-13-9-8-12(10-14(13)20-7-2)16-11(3)15(18)17(4)5/h8-11,16H,6-7H2,1-5H3. The molecule has 1 atom stereocenters. The number of hydrogen-bond donors (Lipinski definition) is 1. The number of hydrogen-bond acceptors (Lipinski definition) is 4. The molecule has 112 valence electrons. The topological polar surface area (TPSA) is 50.8 Å². The van der Waals surface area contributed by atoms with Crippen LogP contribution in [0.2, 0.25) is 0 Å². The van der Waals surface area contributed by atoms with Gasteiger partial charge < -0.3 is 19.7 Å². The van der Waals surface area contributed by atoms with Crippen LogP contribution in [0, 0.1) is 0 Å². The zero-order valence-corrected chi connectivity index (χ0v) is 12.9. The van der Waals surface area contributed by atoms with E-state index in [1.165, 1.54) is 0 Å². The molecule has 5 nitrogen and oxygen atoms in total. The van der Waals surface area contributed by atoms with Crippen LogP contribution in [0.3, 0.4) is 0 Å². The van der Waals surface area contributed by atoms with Gasteiger partial charge in [-0.15, -0.1) is 0 Å². The van der Waals surface area contributed by atoms with Crippen molar-refractivity contribution in [1.29, 1.82) is 0 Å². The normalized spacial score (nSPS) is 11.7. The summed E-state index contributed by atoms with van der Waals surface area (Å²) in [6.45, 7) is 6.84. The Bertz CT molecular complexity index is 447. The van der Waals surface area contributed by atoms with E-state index in [0.717, 1.165) is 5.69 Å². The molecule has 0 heterocycles. The number of benzene rings is 1. The zero-order chi connectivity index (χ0) is 15.1. The molecule has 5 heteroatoms. The Labute approximate surface area is 120 Å². The molecule has 1 unspecified atom stereocenters. The molecule has 0 aliphatic carbocycles. The molecular weight excluding hydrogens is 256 g/mol. The summed E-state index contributed by atoms with van der Waals surface area (Å²) in [5.74, 6) is 1.42. The molecule has 1 aromatic rings. The Hall–Kier alpha value is -1.91. The van der Waals surface area contributed by atoms with Gasteiger partial charge in [-0.2, -0.15) is 0 Å². The van der Waals surface area contributed by atoms with Gasteiger partial charge in [0, 0.05) is 25.8 Å². The van der Waals surface area contributed by atoms with Crippen molar-refractivity contribution >= 4 is 11.6 Å². The molecule has 1 aromatic carbocycles. The number of rotatable bonds is 7. The van der Waals surface area contributed by atoms with Crippen LogP contribution in [0.4, 0.5) is 5.69 Å². The lowest BCUT2D eigenvalue weighted by Crippen LogP contribution is -2.36. The van der Waals surface area contributed by atoms with Crippen LogP contribution in [0.15, 0.2) is 18.2 Å². The first-order valence-electron chi connectivity index (χ1n) is 6.86. The fourth-order valence-corrected chi connectivity index (χ4v) is 1.84. The highest BCUT2D eigenvalue weighted by molar-refractivity contribution is 5.84. The molecular formula is C15H24N2O3. The summed E-state index contributed by atoms with van der Waals surface area (Å²) in [6, 6.07) is 5.29. The summed E-state index contributed by atoms with van der Waals surface area (Å²) in [4.78, 5) is 13.4. The predicted octanol–water partition coefficient (Wildman–Crippen LogP) is 2.37.